The largest absolute Gasteiger partial charge is 0.497 e. The minimum atomic E-state index is 0.148. The summed E-state index contributed by atoms with van der Waals surface area (Å²) in [5, 5.41) is 0.988. The van der Waals surface area contributed by atoms with Gasteiger partial charge < -0.3 is 9.47 Å². The highest BCUT2D eigenvalue weighted by Crippen LogP contribution is 2.20. The van der Waals surface area contributed by atoms with Crippen molar-refractivity contribution in [2.75, 3.05) is 19.0 Å². The van der Waals surface area contributed by atoms with Gasteiger partial charge in [0.1, 0.15) is 5.75 Å². The lowest BCUT2D eigenvalue weighted by Crippen LogP contribution is -2.02. The summed E-state index contributed by atoms with van der Waals surface area (Å²) in [4.78, 5) is 0. The summed E-state index contributed by atoms with van der Waals surface area (Å²) < 4.78 is 10.8. The molecule has 0 N–H and O–H groups in total. The lowest BCUT2D eigenvalue weighted by molar-refractivity contribution is 0.0669. The summed E-state index contributed by atoms with van der Waals surface area (Å²) in [6.45, 7) is 2.86. The van der Waals surface area contributed by atoms with Crippen LogP contribution in [-0.4, -0.2) is 19.0 Å². The molecule has 0 spiro atoms. The second-order valence-electron chi connectivity index (χ2n) is 3.33. The first-order chi connectivity index (χ1) is 7.27. The van der Waals surface area contributed by atoms with Crippen LogP contribution in [0, 0.1) is 0 Å². The molecule has 0 aliphatic carbocycles. The van der Waals surface area contributed by atoms with Gasteiger partial charge in [-0.25, -0.2) is 0 Å². The van der Waals surface area contributed by atoms with Crippen LogP contribution in [0.2, 0.25) is 0 Å². The first-order valence-electron chi connectivity index (χ1n) is 5.09. The topological polar surface area (TPSA) is 18.5 Å². The van der Waals surface area contributed by atoms with Crippen LogP contribution >= 0.6 is 15.9 Å². The molecule has 1 aromatic carbocycles. The number of alkyl halides is 1. The Hall–Kier alpha value is -0.540. The average molecular weight is 273 g/mol. The molecular weight excluding hydrogens is 256 g/mol. The molecule has 2 nitrogen and oxygen atoms in total. The van der Waals surface area contributed by atoms with Gasteiger partial charge in [0.05, 0.1) is 13.2 Å². The zero-order valence-electron chi connectivity index (χ0n) is 9.20. The number of methoxy groups -OCH3 is 1. The Morgan fingerprint density at radius 2 is 1.93 bits per heavy atom. The van der Waals surface area contributed by atoms with E-state index in [-0.39, 0.29) is 6.10 Å². The lowest BCUT2D eigenvalue weighted by atomic mass is 10.1. The minimum absolute atomic E-state index is 0.148. The molecule has 1 aromatic rings. The Morgan fingerprint density at radius 1 is 1.27 bits per heavy atom. The van der Waals surface area contributed by atoms with Crippen LogP contribution in [0.15, 0.2) is 24.3 Å². The van der Waals surface area contributed by atoms with Gasteiger partial charge in [-0.3, -0.25) is 0 Å². The van der Waals surface area contributed by atoms with E-state index in [2.05, 4.69) is 22.9 Å². The summed E-state index contributed by atoms with van der Waals surface area (Å²) in [6, 6.07) is 7.99. The molecule has 0 amide bonds. The van der Waals surface area contributed by atoms with Gasteiger partial charge in [0.2, 0.25) is 0 Å². The highest BCUT2D eigenvalue weighted by atomic mass is 79.9. The fraction of sp³-hybridized carbons (Fsp3) is 0.500. The van der Waals surface area contributed by atoms with Crippen molar-refractivity contribution in [1.29, 1.82) is 0 Å². The highest BCUT2D eigenvalue weighted by molar-refractivity contribution is 9.09. The van der Waals surface area contributed by atoms with E-state index in [1.165, 1.54) is 5.56 Å². The van der Waals surface area contributed by atoms with E-state index < -0.39 is 0 Å². The molecule has 0 saturated carbocycles. The second-order valence-corrected chi connectivity index (χ2v) is 4.12. The van der Waals surface area contributed by atoms with E-state index in [0.717, 1.165) is 24.1 Å². The molecule has 15 heavy (non-hydrogen) atoms. The first kappa shape index (κ1) is 12.5. The lowest BCUT2D eigenvalue weighted by Gasteiger charge is -2.13. The summed E-state index contributed by atoms with van der Waals surface area (Å²) in [7, 11) is 1.67. The fourth-order valence-corrected chi connectivity index (χ4v) is 1.51. The van der Waals surface area contributed by atoms with Crippen molar-refractivity contribution >= 4 is 15.9 Å². The first-order valence-corrected chi connectivity index (χ1v) is 6.21. The van der Waals surface area contributed by atoms with Gasteiger partial charge in [-0.05, 0) is 31.0 Å². The van der Waals surface area contributed by atoms with Gasteiger partial charge in [-0.1, -0.05) is 28.1 Å². The van der Waals surface area contributed by atoms with Gasteiger partial charge in [0.25, 0.3) is 0 Å². The van der Waals surface area contributed by atoms with Gasteiger partial charge in [-0.2, -0.15) is 0 Å². The van der Waals surface area contributed by atoms with Crippen molar-refractivity contribution < 1.29 is 9.47 Å². The van der Waals surface area contributed by atoms with E-state index in [4.69, 9.17) is 9.47 Å². The third kappa shape index (κ3) is 4.22. The Bertz CT molecular complexity index is 271. The summed E-state index contributed by atoms with van der Waals surface area (Å²) >= 11 is 3.38. The molecule has 84 valence electrons. The molecule has 0 saturated heterocycles. The van der Waals surface area contributed by atoms with E-state index in [0.29, 0.717) is 0 Å². The Balaban J connectivity index is 2.46. The molecule has 1 rings (SSSR count). The third-order valence-electron chi connectivity index (χ3n) is 2.23. The molecule has 1 unspecified atom stereocenters. The van der Waals surface area contributed by atoms with Crippen molar-refractivity contribution in [3.63, 3.8) is 0 Å². The van der Waals surface area contributed by atoms with Crippen molar-refractivity contribution in [1.82, 2.24) is 0 Å². The van der Waals surface area contributed by atoms with Crippen molar-refractivity contribution in [3.8, 4) is 5.75 Å². The quantitative estimate of drug-likeness (QED) is 0.583. The van der Waals surface area contributed by atoms with Crippen molar-refractivity contribution in [2.24, 2.45) is 0 Å². The Labute approximate surface area is 99.7 Å². The van der Waals surface area contributed by atoms with Gasteiger partial charge in [-0.15, -0.1) is 0 Å². The van der Waals surface area contributed by atoms with Crippen LogP contribution in [0.25, 0.3) is 0 Å². The average Bonchev–Trinajstić information content (AvgIpc) is 2.29. The van der Waals surface area contributed by atoms with Crippen LogP contribution in [0.4, 0.5) is 0 Å². The molecule has 3 heteroatoms. The minimum Gasteiger partial charge on any atom is -0.497 e. The fourth-order valence-electron chi connectivity index (χ4n) is 1.29. The van der Waals surface area contributed by atoms with Gasteiger partial charge >= 0.3 is 0 Å². The molecule has 1 atom stereocenters. The number of rotatable bonds is 6. The predicted molar refractivity (Wildman–Crippen MR) is 65.8 cm³/mol. The zero-order chi connectivity index (χ0) is 11.1. The van der Waals surface area contributed by atoms with Crippen LogP contribution in [0.1, 0.15) is 25.0 Å². The van der Waals surface area contributed by atoms with Crippen LogP contribution < -0.4 is 4.74 Å². The predicted octanol–water partition coefficient (Wildman–Crippen LogP) is 3.56. The number of hydrogen-bond acceptors (Lipinski definition) is 2. The summed E-state index contributed by atoms with van der Waals surface area (Å²) in [6.07, 6.45) is 1.19. The monoisotopic (exact) mass is 272 g/mol. The smallest absolute Gasteiger partial charge is 0.118 e. The second kappa shape index (κ2) is 6.85. The number of hydrogen-bond donors (Lipinski definition) is 0. The number of halogens is 1. The van der Waals surface area contributed by atoms with Gasteiger partial charge in [0, 0.05) is 11.9 Å². The molecule has 0 aliphatic heterocycles. The highest BCUT2D eigenvalue weighted by Gasteiger charge is 2.04. The Morgan fingerprint density at radius 3 is 2.47 bits per heavy atom. The molecular formula is C12H17BrO2. The number of benzene rings is 1. The molecule has 0 aromatic heterocycles. The maximum Gasteiger partial charge on any atom is 0.118 e. The molecule has 0 fully saturated rings. The summed E-state index contributed by atoms with van der Waals surface area (Å²) in [5.41, 5.74) is 1.19. The van der Waals surface area contributed by atoms with Gasteiger partial charge in [0.15, 0.2) is 0 Å². The van der Waals surface area contributed by atoms with Crippen molar-refractivity contribution in [2.45, 2.75) is 19.4 Å². The van der Waals surface area contributed by atoms with Crippen molar-refractivity contribution in [3.05, 3.63) is 29.8 Å². The van der Waals surface area contributed by atoms with Crippen LogP contribution in [0.5, 0.6) is 5.75 Å². The third-order valence-corrected chi connectivity index (χ3v) is 2.79. The molecule has 0 heterocycles. The van der Waals surface area contributed by atoms with E-state index >= 15 is 0 Å². The standard InChI is InChI=1S/C12H17BrO2/c1-10(15-9-3-8-13)11-4-6-12(14-2)7-5-11/h4-7,10H,3,8-9H2,1-2H3. The molecule has 0 bridgehead atoms. The molecule has 0 aliphatic rings. The van der Waals surface area contributed by atoms with Crippen LogP contribution in [-0.2, 0) is 4.74 Å². The maximum atomic E-state index is 5.67. The Kier molecular flexibility index (Phi) is 5.73. The number of ether oxygens (including phenoxy) is 2. The zero-order valence-corrected chi connectivity index (χ0v) is 10.8. The van der Waals surface area contributed by atoms with E-state index in [9.17, 15) is 0 Å². The summed E-state index contributed by atoms with van der Waals surface area (Å²) in [5.74, 6) is 0.881. The van der Waals surface area contributed by atoms with E-state index in [1.54, 1.807) is 7.11 Å². The SMILES string of the molecule is COc1ccc(C(C)OCCCBr)cc1. The van der Waals surface area contributed by atoms with Crippen LogP contribution in [0.3, 0.4) is 0 Å². The maximum absolute atomic E-state index is 5.67. The normalized spacial score (nSPS) is 12.5. The molecule has 0 radical (unpaired) electrons. The van der Waals surface area contributed by atoms with E-state index in [1.807, 2.05) is 24.3 Å².